The number of para-hydroxylation sites is 1. The molecule has 0 fully saturated rings. The third-order valence-corrected chi connectivity index (χ3v) is 3.60. The predicted molar refractivity (Wildman–Crippen MR) is 103 cm³/mol. The Balaban J connectivity index is 1.77. The Morgan fingerprint density at radius 2 is 1.85 bits per heavy atom. The number of hydrogen-bond acceptors (Lipinski definition) is 6. The lowest BCUT2D eigenvalue weighted by molar-refractivity contribution is -0.123. The topological polar surface area (TPSA) is 89.4 Å². The molecule has 0 aliphatic rings. The second-order valence-electron chi connectivity index (χ2n) is 5.65. The van der Waals surface area contributed by atoms with Crippen LogP contribution in [-0.4, -0.2) is 37.6 Å². The van der Waals surface area contributed by atoms with E-state index in [1.54, 1.807) is 42.5 Å². The molecular weight excluding hydrogens is 348 g/mol. The number of hydrazone groups is 1. The van der Waals surface area contributed by atoms with Crippen LogP contribution in [-0.2, 0) is 4.79 Å². The van der Waals surface area contributed by atoms with Gasteiger partial charge in [-0.05, 0) is 42.8 Å². The van der Waals surface area contributed by atoms with Crippen molar-refractivity contribution in [1.82, 2.24) is 5.43 Å². The van der Waals surface area contributed by atoms with Gasteiger partial charge in [-0.2, -0.15) is 5.10 Å². The van der Waals surface area contributed by atoms with Crippen molar-refractivity contribution < 1.29 is 24.1 Å². The summed E-state index contributed by atoms with van der Waals surface area (Å²) < 4.78 is 16.0. The molecule has 0 atom stereocenters. The summed E-state index contributed by atoms with van der Waals surface area (Å²) in [5.74, 6) is 1.19. The first-order valence-corrected chi connectivity index (χ1v) is 8.67. The summed E-state index contributed by atoms with van der Waals surface area (Å²) in [5.41, 5.74) is 2.77. The van der Waals surface area contributed by atoms with E-state index in [0.717, 1.165) is 18.6 Å². The Morgan fingerprint density at radius 3 is 2.52 bits per heavy atom. The van der Waals surface area contributed by atoms with Gasteiger partial charge in [0.15, 0.2) is 18.1 Å². The number of hydrogen-bond donors (Lipinski definition) is 2. The Kier molecular flexibility index (Phi) is 7.96. The number of carbonyl (C=O) groups excluding carboxylic acids is 1. The highest BCUT2D eigenvalue weighted by atomic mass is 16.5. The van der Waals surface area contributed by atoms with E-state index in [9.17, 15) is 9.90 Å². The molecule has 27 heavy (non-hydrogen) atoms. The lowest BCUT2D eigenvalue weighted by Crippen LogP contribution is -2.24. The fraction of sp³-hybridized carbons (Fsp3) is 0.300. The van der Waals surface area contributed by atoms with Gasteiger partial charge in [0.1, 0.15) is 11.5 Å². The lowest BCUT2D eigenvalue weighted by Gasteiger charge is -2.08. The Bertz CT molecular complexity index is 759. The van der Waals surface area contributed by atoms with Gasteiger partial charge in [0.25, 0.3) is 5.91 Å². The molecule has 2 N–H and O–H groups in total. The summed E-state index contributed by atoms with van der Waals surface area (Å²) >= 11 is 0. The van der Waals surface area contributed by atoms with Crippen LogP contribution in [0.4, 0.5) is 0 Å². The minimum Gasteiger partial charge on any atom is -0.504 e. The van der Waals surface area contributed by atoms with Crippen molar-refractivity contribution >= 4 is 12.1 Å². The monoisotopic (exact) mass is 372 g/mol. The number of nitrogens with zero attached hydrogens (tertiary/aromatic N) is 1. The average molecular weight is 372 g/mol. The molecule has 0 saturated heterocycles. The minimum atomic E-state index is -0.420. The van der Waals surface area contributed by atoms with E-state index in [-0.39, 0.29) is 12.4 Å². The maximum Gasteiger partial charge on any atom is 0.277 e. The summed E-state index contributed by atoms with van der Waals surface area (Å²) in [7, 11) is 1.46. The van der Waals surface area contributed by atoms with Crippen molar-refractivity contribution in [1.29, 1.82) is 0 Å². The number of benzene rings is 2. The number of methoxy groups -OCH3 is 1. The van der Waals surface area contributed by atoms with Crippen LogP contribution in [0, 0.1) is 0 Å². The Labute approximate surface area is 158 Å². The normalized spacial score (nSPS) is 10.6. The van der Waals surface area contributed by atoms with Gasteiger partial charge in [-0.15, -0.1) is 0 Å². The maximum atomic E-state index is 11.8. The molecule has 0 unspecified atom stereocenters. The zero-order chi connectivity index (χ0) is 19.5. The standard InChI is InChI=1S/C20H24N2O5/c1-3-4-12-26-16-8-10-17(11-9-16)27-14-19(23)22-21-13-15-6-5-7-18(25-2)20(15)24/h5-11,13,24H,3-4,12,14H2,1-2H3,(H,22,23). The minimum absolute atomic E-state index is 0.0458. The van der Waals surface area contributed by atoms with Crippen molar-refractivity contribution in [2.24, 2.45) is 5.10 Å². The number of phenols is 1. The lowest BCUT2D eigenvalue weighted by atomic mass is 10.2. The summed E-state index contributed by atoms with van der Waals surface area (Å²) in [4.78, 5) is 11.8. The van der Waals surface area contributed by atoms with Crippen LogP contribution in [0.1, 0.15) is 25.3 Å². The van der Waals surface area contributed by atoms with E-state index < -0.39 is 5.91 Å². The summed E-state index contributed by atoms with van der Waals surface area (Å²) in [6, 6.07) is 12.1. The molecule has 7 nitrogen and oxygen atoms in total. The fourth-order valence-electron chi connectivity index (χ4n) is 2.13. The quantitative estimate of drug-likeness (QED) is 0.380. The van der Waals surface area contributed by atoms with E-state index in [1.165, 1.54) is 13.3 Å². The Hall–Kier alpha value is -3.22. The molecule has 144 valence electrons. The summed E-state index contributed by atoms with van der Waals surface area (Å²) in [6.07, 6.45) is 3.42. The molecular formula is C20H24N2O5. The first kappa shape index (κ1) is 20.1. The zero-order valence-electron chi connectivity index (χ0n) is 15.5. The van der Waals surface area contributed by atoms with Gasteiger partial charge in [0.05, 0.1) is 19.9 Å². The molecule has 0 aliphatic heterocycles. The summed E-state index contributed by atoms with van der Waals surface area (Å²) in [6.45, 7) is 2.60. The summed E-state index contributed by atoms with van der Waals surface area (Å²) in [5, 5.41) is 13.7. The molecule has 2 aromatic carbocycles. The van der Waals surface area contributed by atoms with Gasteiger partial charge >= 0.3 is 0 Å². The smallest absolute Gasteiger partial charge is 0.277 e. The number of rotatable bonds is 10. The largest absolute Gasteiger partial charge is 0.504 e. The number of carbonyl (C=O) groups is 1. The van der Waals surface area contributed by atoms with Crippen molar-refractivity contribution in [3.63, 3.8) is 0 Å². The van der Waals surface area contributed by atoms with E-state index >= 15 is 0 Å². The van der Waals surface area contributed by atoms with Gasteiger partial charge < -0.3 is 19.3 Å². The molecule has 7 heteroatoms. The van der Waals surface area contributed by atoms with Gasteiger partial charge in [-0.3, -0.25) is 4.79 Å². The Morgan fingerprint density at radius 1 is 1.15 bits per heavy atom. The van der Waals surface area contributed by atoms with Crippen molar-refractivity contribution in [2.45, 2.75) is 19.8 Å². The molecule has 0 saturated carbocycles. The highest BCUT2D eigenvalue weighted by Gasteiger charge is 2.06. The molecule has 0 heterocycles. The molecule has 0 radical (unpaired) electrons. The molecule has 2 rings (SSSR count). The fourth-order valence-corrected chi connectivity index (χ4v) is 2.13. The highest BCUT2D eigenvalue weighted by molar-refractivity contribution is 5.86. The molecule has 0 aromatic heterocycles. The van der Waals surface area contributed by atoms with E-state index in [1.807, 2.05) is 0 Å². The number of nitrogens with one attached hydrogen (secondary N) is 1. The first-order chi connectivity index (χ1) is 13.1. The van der Waals surface area contributed by atoms with Crippen molar-refractivity contribution in [2.75, 3.05) is 20.3 Å². The van der Waals surface area contributed by atoms with Crippen LogP contribution in [0.25, 0.3) is 0 Å². The van der Waals surface area contributed by atoms with Crippen LogP contribution in [0.15, 0.2) is 47.6 Å². The average Bonchev–Trinajstić information content (AvgIpc) is 2.69. The number of phenolic OH excluding ortho intramolecular Hbond substituents is 1. The van der Waals surface area contributed by atoms with Gasteiger partial charge in [-0.1, -0.05) is 19.4 Å². The SMILES string of the molecule is CCCCOc1ccc(OCC(=O)NN=Cc2cccc(OC)c2O)cc1. The van der Waals surface area contributed by atoms with Gasteiger partial charge in [0, 0.05) is 5.56 Å². The van der Waals surface area contributed by atoms with Gasteiger partial charge in [-0.25, -0.2) is 5.43 Å². The third kappa shape index (κ3) is 6.54. The van der Waals surface area contributed by atoms with E-state index in [0.29, 0.717) is 23.7 Å². The van der Waals surface area contributed by atoms with Crippen molar-refractivity contribution in [3.8, 4) is 23.0 Å². The maximum absolute atomic E-state index is 11.8. The van der Waals surface area contributed by atoms with Gasteiger partial charge in [0.2, 0.25) is 0 Å². The predicted octanol–water partition coefficient (Wildman–Crippen LogP) is 3.11. The highest BCUT2D eigenvalue weighted by Crippen LogP contribution is 2.27. The number of aromatic hydroxyl groups is 1. The molecule has 0 bridgehead atoms. The number of ether oxygens (including phenoxy) is 3. The van der Waals surface area contributed by atoms with Crippen molar-refractivity contribution in [3.05, 3.63) is 48.0 Å². The van der Waals surface area contributed by atoms with Crippen LogP contribution in [0.3, 0.4) is 0 Å². The number of unbranched alkanes of at least 4 members (excludes halogenated alkanes) is 1. The van der Waals surface area contributed by atoms with Crippen LogP contribution in [0.5, 0.6) is 23.0 Å². The second kappa shape index (κ2) is 10.7. The molecule has 2 aromatic rings. The zero-order valence-corrected chi connectivity index (χ0v) is 15.5. The second-order valence-corrected chi connectivity index (χ2v) is 5.65. The third-order valence-electron chi connectivity index (χ3n) is 3.60. The van der Waals surface area contributed by atoms with E-state index in [4.69, 9.17) is 14.2 Å². The van der Waals surface area contributed by atoms with Crippen LogP contribution >= 0.6 is 0 Å². The van der Waals surface area contributed by atoms with Crippen LogP contribution < -0.4 is 19.6 Å². The number of amides is 1. The van der Waals surface area contributed by atoms with E-state index in [2.05, 4.69) is 17.5 Å². The molecule has 1 amide bonds. The van der Waals surface area contributed by atoms with Crippen LogP contribution in [0.2, 0.25) is 0 Å². The first-order valence-electron chi connectivity index (χ1n) is 8.67. The molecule has 0 spiro atoms. The molecule has 0 aliphatic carbocycles.